The zero-order valence-electron chi connectivity index (χ0n) is 17.2. The third kappa shape index (κ3) is 6.99. The van der Waals surface area contributed by atoms with Gasteiger partial charge < -0.3 is 30.0 Å². The summed E-state index contributed by atoms with van der Waals surface area (Å²) in [4.78, 5) is 24.1. The van der Waals surface area contributed by atoms with E-state index < -0.39 is 18.0 Å². The maximum absolute atomic E-state index is 12.7. The van der Waals surface area contributed by atoms with Crippen LogP contribution in [-0.4, -0.2) is 48.6 Å². The number of amides is 2. The fourth-order valence-electron chi connectivity index (χ4n) is 3.11. The summed E-state index contributed by atoms with van der Waals surface area (Å²) >= 11 is 1.68. The number of nitrogens with one attached hydrogen (secondary N) is 2. The summed E-state index contributed by atoms with van der Waals surface area (Å²) in [6.07, 6.45) is 2.45. The first-order valence-corrected chi connectivity index (χ1v) is 11.3. The molecule has 0 saturated heterocycles. The minimum absolute atomic E-state index is 0.120. The highest BCUT2D eigenvalue weighted by Crippen LogP contribution is 2.34. The molecule has 9 heteroatoms. The highest BCUT2D eigenvalue weighted by molar-refractivity contribution is 7.98. The number of carbonyl (C=O) groups is 2. The number of rotatable bonds is 11. The van der Waals surface area contributed by atoms with Crippen LogP contribution in [0.15, 0.2) is 48.5 Å². The van der Waals surface area contributed by atoms with Crippen LogP contribution in [0.2, 0.25) is 0 Å². The van der Waals surface area contributed by atoms with Gasteiger partial charge in [0.2, 0.25) is 6.79 Å². The molecule has 31 heavy (non-hydrogen) atoms. The molecular weight excluding hydrogens is 420 g/mol. The van der Waals surface area contributed by atoms with Crippen LogP contribution in [-0.2, 0) is 4.79 Å². The number of ether oxygens (including phenoxy) is 3. The summed E-state index contributed by atoms with van der Waals surface area (Å²) in [6.45, 7) is 0.431. The minimum Gasteiger partial charge on any atom is -0.491 e. The molecule has 166 valence electrons. The summed E-state index contributed by atoms with van der Waals surface area (Å²) in [5.41, 5.74) is 0.628. The summed E-state index contributed by atoms with van der Waals surface area (Å²) in [7, 11) is 0. The van der Waals surface area contributed by atoms with Crippen molar-refractivity contribution < 1.29 is 28.9 Å². The van der Waals surface area contributed by atoms with E-state index in [1.165, 1.54) is 0 Å². The maximum Gasteiger partial charge on any atom is 0.315 e. The lowest BCUT2D eigenvalue weighted by Crippen LogP contribution is -2.46. The predicted octanol–water partition coefficient (Wildman–Crippen LogP) is 3.43. The Balaban J connectivity index is 1.63. The van der Waals surface area contributed by atoms with Gasteiger partial charge in [-0.3, -0.25) is 4.79 Å². The molecule has 3 rings (SSSR count). The van der Waals surface area contributed by atoms with Crippen LogP contribution in [0.1, 0.15) is 24.4 Å². The highest BCUT2D eigenvalue weighted by Gasteiger charge is 2.23. The van der Waals surface area contributed by atoms with Gasteiger partial charge in [0, 0.05) is 0 Å². The van der Waals surface area contributed by atoms with Crippen molar-refractivity contribution >= 4 is 23.8 Å². The van der Waals surface area contributed by atoms with Gasteiger partial charge in [-0.1, -0.05) is 24.3 Å². The van der Waals surface area contributed by atoms with Gasteiger partial charge in [-0.15, -0.1) is 0 Å². The smallest absolute Gasteiger partial charge is 0.315 e. The third-order valence-electron chi connectivity index (χ3n) is 4.68. The number of hydrogen-bond acceptors (Lipinski definition) is 6. The van der Waals surface area contributed by atoms with Crippen molar-refractivity contribution in [2.45, 2.75) is 24.9 Å². The number of carboxylic acid groups (broad SMARTS) is 1. The van der Waals surface area contributed by atoms with Gasteiger partial charge in [0.25, 0.3) is 0 Å². The lowest BCUT2D eigenvalue weighted by atomic mass is 10.0. The molecule has 1 heterocycles. The van der Waals surface area contributed by atoms with E-state index in [4.69, 9.17) is 14.2 Å². The lowest BCUT2D eigenvalue weighted by Gasteiger charge is -2.23. The number of carboxylic acids is 1. The number of thioether (sulfide) groups is 1. The molecule has 0 aliphatic carbocycles. The number of fused-ring (bicyclic) bond motifs is 1. The van der Waals surface area contributed by atoms with E-state index in [-0.39, 0.29) is 19.3 Å². The monoisotopic (exact) mass is 446 g/mol. The summed E-state index contributed by atoms with van der Waals surface area (Å²) in [6, 6.07) is 13.1. The Morgan fingerprint density at radius 2 is 1.90 bits per heavy atom. The van der Waals surface area contributed by atoms with Crippen molar-refractivity contribution in [1.29, 1.82) is 0 Å². The second-order valence-corrected chi connectivity index (χ2v) is 7.97. The number of hydrogen-bond donors (Lipinski definition) is 3. The standard InChI is InChI=1S/C22H26N2O6S/c1-31-10-9-16(13-28-17-5-3-2-4-6-17)23-22(27)24-18(12-21(25)26)15-7-8-19-20(11-15)30-14-29-19/h2-8,11,16,18H,9-10,12-14H2,1H3,(H,25,26)(H2,23,24,27)/t16-,18-/m0/s1. The van der Waals surface area contributed by atoms with Crippen LogP contribution >= 0.6 is 11.8 Å². The molecule has 0 aromatic heterocycles. The quantitative estimate of drug-likeness (QED) is 0.486. The van der Waals surface area contributed by atoms with Crippen molar-refractivity contribution in [3.63, 3.8) is 0 Å². The van der Waals surface area contributed by atoms with Crippen molar-refractivity contribution in [3.8, 4) is 17.2 Å². The van der Waals surface area contributed by atoms with E-state index in [1.54, 1.807) is 30.0 Å². The number of para-hydroxylation sites is 1. The lowest BCUT2D eigenvalue weighted by molar-refractivity contribution is -0.137. The molecule has 3 N–H and O–H groups in total. The maximum atomic E-state index is 12.7. The summed E-state index contributed by atoms with van der Waals surface area (Å²) in [5, 5.41) is 15.0. The Hall–Kier alpha value is -3.07. The van der Waals surface area contributed by atoms with Crippen molar-refractivity contribution in [1.82, 2.24) is 10.6 Å². The normalized spacial score (nSPS) is 13.8. The first kappa shape index (κ1) is 22.6. The minimum atomic E-state index is -1.02. The zero-order valence-corrected chi connectivity index (χ0v) is 18.0. The second kappa shape index (κ2) is 11.4. The van der Waals surface area contributed by atoms with Crippen LogP contribution < -0.4 is 24.8 Å². The van der Waals surface area contributed by atoms with Gasteiger partial charge in [-0.2, -0.15) is 11.8 Å². The van der Waals surface area contributed by atoms with Crippen molar-refractivity contribution in [2.24, 2.45) is 0 Å². The van der Waals surface area contributed by atoms with E-state index in [0.717, 1.165) is 17.9 Å². The highest BCUT2D eigenvalue weighted by atomic mass is 32.2. The number of aliphatic carboxylic acids is 1. The van der Waals surface area contributed by atoms with Crippen LogP contribution in [0.25, 0.3) is 0 Å². The largest absolute Gasteiger partial charge is 0.491 e. The Labute approximate surface area is 185 Å². The number of benzene rings is 2. The van der Waals surface area contributed by atoms with Crippen LogP contribution in [0, 0.1) is 0 Å². The van der Waals surface area contributed by atoms with Gasteiger partial charge in [-0.25, -0.2) is 4.79 Å². The van der Waals surface area contributed by atoms with Gasteiger partial charge in [0.05, 0.1) is 18.5 Å². The molecule has 2 atom stereocenters. The average molecular weight is 447 g/mol. The Morgan fingerprint density at radius 3 is 2.65 bits per heavy atom. The molecule has 0 unspecified atom stereocenters. The first-order valence-electron chi connectivity index (χ1n) is 9.90. The second-order valence-electron chi connectivity index (χ2n) is 6.98. The molecular formula is C22H26N2O6S. The molecule has 8 nitrogen and oxygen atoms in total. The van der Waals surface area contributed by atoms with Gasteiger partial charge in [0.15, 0.2) is 11.5 Å². The van der Waals surface area contributed by atoms with Gasteiger partial charge in [0.1, 0.15) is 12.4 Å². The Kier molecular flexibility index (Phi) is 8.28. The van der Waals surface area contributed by atoms with Gasteiger partial charge in [-0.05, 0) is 48.3 Å². The summed E-state index contributed by atoms with van der Waals surface area (Å²) < 4.78 is 16.5. The molecule has 2 aromatic carbocycles. The molecule has 2 aromatic rings. The fourth-order valence-corrected chi connectivity index (χ4v) is 3.63. The molecule has 1 aliphatic rings. The molecule has 0 radical (unpaired) electrons. The topological polar surface area (TPSA) is 106 Å². The van der Waals surface area contributed by atoms with Crippen LogP contribution in [0.4, 0.5) is 4.79 Å². The van der Waals surface area contributed by atoms with E-state index in [1.807, 2.05) is 36.6 Å². The Morgan fingerprint density at radius 1 is 1.13 bits per heavy atom. The average Bonchev–Trinajstić information content (AvgIpc) is 3.23. The zero-order chi connectivity index (χ0) is 22.1. The Bertz CT molecular complexity index is 880. The van der Waals surface area contributed by atoms with Crippen molar-refractivity contribution in [2.75, 3.05) is 25.4 Å². The van der Waals surface area contributed by atoms with E-state index >= 15 is 0 Å². The molecule has 1 aliphatic heterocycles. The number of urea groups is 1. The van der Waals surface area contributed by atoms with E-state index in [0.29, 0.717) is 23.7 Å². The molecule has 0 spiro atoms. The third-order valence-corrected chi connectivity index (χ3v) is 5.33. The summed E-state index contributed by atoms with van der Waals surface area (Å²) in [5.74, 6) is 1.68. The molecule has 2 amide bonds. The van der Waals surface area contributed by atoms with E-state index in [2.05, 4.69) is 10.6 Å². The van der Waals surface area contributed by atoms with E-state index in [9.17, 15) is 14.7 Å². The molecule has 0 bridgehead atoms. The van der Waals surface area contributed by atoms with Crippen LogP contribution in [0.3, 0.4) is 0 Å². The van der Waals surface area contributed by atoms with Crippen LogP contribution in [0.5, 0.6) is 17.2 Å². The predicted molar refractivity (Wildman–Crippen MR) is 118 cm³/mol. The molecule has 0 saturated carbocycles. The first-order chi connectivity index (χ1) is 15.0. The number of carbonyl (C=O) groups excluding carboxylic acids is 1. The SMILES string of the molecule is CSCC[C@@H](COc1ccccc1)NC(=O)N[C@@H](CC(=O)O)c1ccc2c(c1)OCO2. The van der Waals surface area contributed by atoms with Gasteiger partial charge >= 0.3 is 12.0 Å². The fraction of sp³-hybridized carbons (Fsp3) is 0.364. The molecule has 0 fully saturated rings. The van der Waals surface area contributed by atoms with Crippen molar-refractivity contribution in [3.05, 3.63) is 54.1 Å².